The van der Waals surface area contributed by atoms with Gasteiger partial charge in [0, 0.05) is 35.1 Å². The molecule has 0 fully saturated rings. The Labute approximate surface area is 130 Å². The lowest BCUT2D eigenvalue weighted by Crippen LogP contribution is -2.22. The van der Waals surface area contributed by atoms with Crippen LogP contribution in [0.1, 0.15) is 30.7 Å². The summed E-state index contributed by atoms with van der Waals surface area (Å²) in [7, 11) is 0. The Morgan fingerprint density at radius 2 is 1.95 bits per heavy atom. The zero-order valence-electron chi connectivity index (χ0n) is 12.6. The fraction of sp³-hybridized carbons (Fsp3) is 0.375. The van der Waals surface area contributed by atoms with Crippen LogP contribution in [0.2, 0.25) is 5.02 Å². The first-order chi connectivity index (χ1) is 10.0. The number of aryl methyl sites for hydroxylation is 1. The van der Waals surface area contributed by atoms with Crippen molar-refractivity contribution in [3.05, 3.63) is 52.3 Å². The molecule has 5 heteroatoms. The minimum atomic E-state index is 0.399. The summed E-state index contributed by atoms with van der Waals surface area (Å²) in [6.07, 6.45) is 1.81. The number of hydrogen-bond acceptors (Lipinski definition) is 4. The van der Waals surface area contributed by atoms with Gasteiger partial charge in [0.1, 0.15) is 6.61 Å². The van der Waals surface area contributed by atoms with Gasteiger partial charge in [0.25, 0.3) is 0 Å². The lowest BCUT2D eigenvalue weighted by Gasteiger charge is -2.11. The van der Waals surface area contributed by atoms with E-state index in [0.717, 1.165) is 23.4 Å². The molecule has 0 unspecified atom stereocenters. The molecule has 0 saturated heterocycles. The van der Waals surface area contributed by atoms with Gasteiger partial charge in [-0.15, -0.1) is 0 Å². The van der Waals surface area contributed by atoms with Crippen LogP contribution < -0.4 is 10.1 Å². The van der Waals surface area contributed by atoms with Gasteiger partial charge < -0.3 is 10.1 Å². The van der Waals surface area contributed by atoms with Crippen molar-refractivity contribution < 1.29 is 4.74 Å². The second-order valence-electron chi connectivity index (χ2n) is 5.21. The van der Waals surface area contributed by atoms with Crippen LogP contribution in [0.3, 0.4) is 0 Å². The summed E-state index contributed by atoms with van der Waals surface area (Å²) in [6, 6.07) is 8.37. The molecule has 2 rings (SSSR count). The summed E-state index contributed by atoms with van der Waals surface area (Å²) in [4.78, 5) is 8.63. The van der Waals surface area contributed by atoms with E-state index >= 15 is 0 Å². The van der Waals surface area contributed by atoms with Crippen molar-refractivity contribution >= 4 is 11.6 Å². The van der Waals surface area contributed by atoms with Crippen LogP contribution in [0, 0.1) is 6.92 Å². The number of ether oxygens (including phenoxy) is 1. The third-order valence-corrected chi connectivity index (χ3v) is 3.29. The van der Waals surface area contributed by atoms with Crippen LogP contribution in [0.25, 0.3) is 0 Å². The van der Waals surface area contributed by atoms with E-state index in [9.17, 15) is 0 Å². The Kier molecular flexibility index (Phi) is 5.53. The Hall–Kier alpha value is -1.65. The second kappa shape index (κ2) is 7.38. The Balaban J connectivity index is 1.95. The molecular formula is C16H20ClN3O. The Morgan fingerprint density at radius 1 is 1.24 bits per heavy atom. The third-order valence-electron chi connectivity index (χ3n) is 3.04. The molecule has 1 N–H and O–H groups in total. The predicted octanol–water partition coefficient (Wildman–Crippen LogP) is 3.52. The minimum Gasteiger partial charge on any atom is -0.459 e. The van der Waals surface area contributed by atoms with Crippen LogP contribution in [0.4, 0.5) is 0 Å². The molecule has 0 aliphatic heterocycles. The summed E-state index contributed by atoms with van der Waals surface area (Å²) in [5, 5.41) is 4.07. The molecule has 1 aromatic heterocycles. The van der Waals surface area contributed by atoms with Crippen molar-refractivity contribution in [2.75, 3.05) is 0 Å². The highest BCUT2D eigenvalue weighted by molar-refractivity contribution is 6.30. The standard InChI is InChI=1S/C16H20ClN3O/c1-11(2)18-8-14-9-19-16(20-12(14)3)21-10-13-4-6-15(17)7-5-13/h4-7,9,11,18H,8,10H2,1-3H3. The number of benzene rings is 1. The Morgan fingerprint density at radius 3 is 2.57 bits per heavy atom. The van der Waals surface area contributed by atoms with Gasteiger partial charge in [-0.3, -0.25) is 0 Å². The molecule has 0 bridgehead atoms. The molecule has 0 atom stereocenters. The molecule has 112 valence electrons. The van der Waals surface area contributed by atoms with E-state index in [1.807, 2.05) is 37.4 Å². The fourth-order valence-corrected chi connectivity index (χ4v) is 1.88. The van der Waals surface area contributed by atoms with Gasteiger partial charge in [-0.1, -0.05) is 37.6 Å². The lowest BCUT2D eigenvalue weighted by atomic mass is 10.2. The van der Waals surface area contributed by atoms with Crippen LogP contribution in [-0.4, -0.2) is 16.0 Å². The first-order valence-corrected chi connectivity index (χ1v) is 7.35. The average molecular weight is 306 g/mol. The van der Waals surface area contributed by atoms with Gasteiger partial charge in [-0.25, -0.2) is 9.97 Å². The van der Waals surface area contributed by atoms with Gasteiger partial charge in [0.2, 0.25) is 0 Å². The SMILES string of the molecule is Cc1nc(OCc2ccc(Cl)cc2)ncc1CNC(C)C. The van der Waals surface area contributed by atoms with E-state index < -0.39 is 0 Å². The maximum absolute atomic E-state index is 5.85. The van der Waals surface area contributed by atoms with Gasteiger partial charge >= 0.3 is 6.01 Å². The number of aromatic nitrogens is 2. The molecule has 21 heavy (non-hydrogen) atoms. The fourth-order valence-electron chi connectivity index (χ4n) is 1.76. The molecule has 0 radical (unpaired) electrons. The van der Waals surface area contributed by atoms with Crippen molar-refractivity contribution in [2.45, 2.75) is 40.0 Å². The molecule has 1 aromatic carbocycles. The molecule has 0 aliphatic rings. The maximum Gasteiger partial charge on any atom is 0.316 e. The van der Waals surface area contributed by atoms with E-state index in [0.29, 0.717) is 23.7 Å². The topological polar surface area (TPSA) is 47.0 Å². The highest BCUT2D eigenvalue weighted by atomic mass is 35.5. The van der Waals surface area contributed by atoms with E-state index in [1.165, 1.54) is 0 Å². The van der Waals surface area contributed by atoms with Gasteiger partial charge in [0.15, 0.2) is 0 Å². The summed E-state index contributed by atoms with van der Waals surface area (Å²) in [5.74, 6) is 0. The monoisotopic (exact) mass is 305 g/mol. The number of nitrogens with one attached hydrogen (secondary N) is 1. The van der Waals surface area contributed by atoms with E-state index in [4.69, 9.17) is 16.3 Å². The molecular weight excluding hydrogens is 286 g/mol. The zero-order valence-corrected chi connectivity index (χ0v) is 13.3. The highest BCUT2D eigenvalue weighted by Crippen LogP contribution is 2.13. The second-order valence-corrected chi connectivity index (χ2v) is 5.65. The maximum atomic E-state index is 5.85. The van der Waals surface area contributed by atoms with Crippen LogP contribution in [0.15, 0.2) is 30.5 Å². The number of hydrogen-bond donors (Lipinski definition) is 1. The normalized spacial score (nSPS) is 10.9. The quantitative estimate of drug-likeness (QED) is 0.887. The first kappa shape index (κ1) is 15.7. The Bertz CT molecular complexity index is 585. The van der Waals surface area contributed by atoms with Gasteiger partial charge in [-0.2, -0.15) is 0 Å². The summed E-state index contributed by atoms with van der Waals surface area (Å²) in [6.45, 7) is 7.38. The van der Waals surface area contributed by atoms with Gasteiger partial charge in [0.05, 0.1) is 0 Å². The molecule has 0 aliphatic carbocycles. The van der Waals surface area contributed by atoms with Crippen molar-refractivity contribution in [2.24, 2.45) is 0 Å². The summed E-state index contributed by atoms with van der Waals surface area (Å²) >= 11 is 5.85. The number of rotatable bonds is 6. The molecule has 1 heterocycles. The molecule has 0 saturated carbocycles. The van der Waals surface area contributed by atoms with Crippen molar-refractivity contribution in [1.82, 2.24) is 15.3 Å². The lowest BCUT2D eigenvalue weighted by molar-refractivity contribution is 0.279. The molecule has 0 spiro atoms. The van der Waals surface area contributed by atoms with Crippen LogP contribution >= 0.6 is 11.6 Å². The molecule has 4 nitrogen and oxygen atoms in total. The smallest absolute Gasteiger partial charge is 0.316 e. The highest BCUT2D eigenvalue weighted by Gasteiger charge is 2.05. The van der Waals surface area contributed by atoms with Crippen molar-refractivity contribution in [3.8, 4) is 6.01 Å². The van der Waals surface area contributed by atoms with E-state index in [-0.39, 0.29) is 0 Å². The van der Waals surface area contributed by atoms with E-state index in [2.05, 4.69) is 29.1 Å². The molecule has 0 amide bonds. The average Bonchev–Trinajstić information content (AvgIpc) is 2.45. The third kappa shape index (κ3) is 4.99. The predicted molar refractivity (Wildman–Crippen MR) is 84.5 cm³/mol. The van der Waals surface area contributed by atoms with E-state index in [1.54, 1.807) is 0 Å². The van der Waals surface area contributed by atoms with Crippen molar-refractivity contribution in [3.63, 3.8) is 0 Å². The van der Waals surface area contributed by atoms with Crippen LogP contribution in [0.5, 0.6) is 6.01 Å². The summed E-state index contributed by atoms with van der Waals surface area (Å²) < 4.78 is 5.61. The van der Waals surface area contributed by atoms with Crippen LogP contribution in [-0.2, 0) is 13.2 Å². The largest absolute Gasteiger partial charge is 0.459 e. The number of halogens is 1. The van der Waals surface area contributed by atoms with Gasteiger partial charge in [-0.05, 0) is 24.6 Å². The minimum absolute atomic E-state index is 0.399. The zero-order chi connectivity index (χ0) is 15.2. The molecule has 2 aromatic rings. The van der Waals surface area contributed by atoms with Crippen molar-refractivity contribution in [1.29, 1.82) is 0 Å². The summed E-state index contributed by atoms with van der Waals surface area (Å²) in [5.41, 5.74) is 3.05. The first-order valence-electron chi connectivity index (χ1n) is 6.97. The number of nitrogens with zero attached hydrogens (tertiary/aromatic N) is 2.